The van der Waals surface area contributed by atoms with Crippen LogP contribution in [0.25, 0.3) is 6.08 Å². The van der Waals surface area contributed by atoms with Crippen molar-refractivity contribution >= 4 is 51.9 Å². The fourth-order valence-corrected chi connectivity index (χ4v) is 5.03. The molecule has 3 aromatic carbocycles. The van der Waals surface area contributed by atoms with Gasteiger partial charge in [-0.15, -0.1) is 0 Å². The van der Waals surface area contributed by atoms with E-state index in [-0.39, 0.29) is 11.9 Å². The molecule has 7 heteroatoms. The van der Waals surface area contributed by atoms with Crippen LogP contribution in [0.15, 0.2) is 77.7 Å². The molecule has 0 radical (unpaired) electrons. The Balaban J connectivity index is 1.50. The number of carbonyl (C=O) groups is 1. The molecule has 1 amide bonds. The topological polar surface area (TPSA) is 38.8 Å². The van der Waals surface area contributed by atoms with E-state index in [9.17, 15) is 4.79 Å². The number of thioether (sulfide) groups is 1. The van der Waals surface area contributed by atoms with Crippen molar-refractivity contribution in [1.29, 1.82) is 0 Å². The molecule has 1 aliphatic rings. The number of rotatable bonds is 7. The van der Waals surface area contributed by atoms with Gasteiger partial charge < -0.3 is 9.47 Å². The van der Waals surface area contributed by atoms with E-state index in [4.69, 9.17) is 33.3 Å². The standard InChI is InChI=1S/C26H22ClNO3S2/c1-17(20-6-4-3-5-7-20)28-25(29)24(33-26(28)32)15-19-10-13-22(23(14-19)30-2)31-16-18-8-11-21(27)12-9-18/h3-15,17H,16H2,1-2H3. The average molecular weight is 496 g/mol. The van der Waals surface area contributed by atoms with Crippen LogP contribution in [0.3, 0.4) is 0 Å². The van der Waals surface area contributed by atoms with Crippen molar-refractivity contribution in [2.24, 2.45) is 0 Å². The van der Waals surface area contributed by atoms with Gasteiger partial charge in [0, 0.05) is 5.02 Å². The Kier molecular flexibility index (Phi) is 7.38. The van der Waals surface area contributed by atoms with Gasteiger partial charge in [-0.3, -0.25) is 9.69 Å². The zero-order valence-electron chi connectivity index (χ0n) is 18.2. The molecule has 168 valence electrons. The van der Waals surface area contributed by atoms with Crippen LogP contribution in [0, 0.1) is 0 Å². The van der Waals surface area contributed by atoms with E-state index in [1.807, 2.05) is 85.8 Å². The molecule has 0 bridgehead atoms. The van der Waals surface area contributed by atoms with E-state index in [1.54, 1.807) is 12.0 Å². The Morgan fingerprint density at radius 1 is 1.06 bits per heavy atom. The number of methoxy groups -OCH3 is 1. The summed E-state index contributed by atoms with van der Waals surface area (Å²) in [5, 5.41) is 0.684. The zero-order chi connectivity index (χ0) is 23.4. The van der Waals surface area contributed by atoms with Crippen LogP contribution in [0.5, 0.6) is 11.5 Å². The summed E-state index contributed by atoms with van der Waals surface area (Å²) in [7, 11) is 1.59. The van der Waals surface area contributed by atoms with Gasteiger partial charge in [-0.1, -0.05) is 84.1 Å². The first kappa shape index (κ1) is 23.4. The smallest absolute Gasteiger partial charge is 0.266 e. The molecule has 33 heavy (non-hydrogen) atoms. The van der Waals surface area contributed by atoms with Crippen molar-refractivity contribution in [1.82, 2.24) is 4.90 Å². The van der Waals surface area contributed by atoms with E-state index >= 15 is 0 Å². The van der Waals surface area contributed by atoms with Crippen molar-refractivity contribution < 1.29 is 14.3 Å². The first-order chi connectivity index (χ1) is 16.0. The SMILES string of the molecule is COc1cc(C=C2SC(=S)N(C(C)c3ccccc3)C2=O)ccc1OCc1ccc(Cl)cc1. The van der Waals surface area contributed by atoms with Gasteiger partial charge in [-0.05, 0) is 54.0 Å². The minimum atomic E-state index is -0.136. The van der Waals surface area contributed by atoms with Crippen LogP contribution >= 0.6 is 35.6 Å². The summed E-state index contributed by atoms with van der Waals surface area (Å²) in [5.74, 6) is 1.11. The van der Waals surface area contributed by atoms with Crippen LogP contribution in [0.1, 0.15) is 29.7 Å². The van der Waals surface area contributed by atoms with Crippen molar-refractivity contribution in [2.75, 3.05) is 7.11 Å². The molecule has 4 nitrogen and oxygen atoms in total. The highest BCUT2D eigenvalue weighted by molar-refractivity contribution is 8.26. The number of halogens is 1. The molecule has 0 saturated carbocycles. The van der Waals surface area contributed by atoms with Crippen LogP contribution in [-0.2, 0) is 11.4 Å². The van der Waals surface area contributed by atoms with Gasteiger partial charge in [0.1, 0.15) is 10.9 Å². The lowest BCUT2D eigenvalue weighted by Gasteiger charge is -2.23. The lowest BCUT2D eigenvalue weighted by molar-refractivity contribution is -0.123. The lowest BCUT2D eigenvalue weighted by atomic mass is 10.1. The minimum absolute atomic E-state index is 0.0941. The molecule has 1 heterocycles. The van der Waals surface area contributed by atoms with E-state index in [0.717, 1.165) is 16.7 Å². The van der Waals surface area contributed by atoms with Crippen LogP contribution in [-0.4, -0.2) is 22.2 Å². The Bertz CT molecular complexity index is 1200. The van der Waals surface area contributed by atoms with Gasteiger partial charge >= 0.3 is 0 Å². The summed E-state index contributed by atoms with van der Waals surface area (Å²) >= 11 is 12.8. The predicted octanol–water partition coefficient (Wildman–Crippen LogP) is 6.89. The van der Waals surface area contributed by atoms with E-state index in [0.29, 0.717) is 32.4 Å². The number of hydrogen-bond acceptors (Lipinski definition) is 5. The molecule has 0 aliphatic carbocycles. The number of thiocarbonyl (C=S) groups is 1. The Morgan fingerprint density at radius 2 is 1.79 bits per heavy atom. The third kappa shape index (κ3) is 5.41. The van der Waals surface area contributed by atoms with E-state index < -0.39 is 0 Å². The first-order valence-electron chi connectivity index (χ1n) is 10.3. The lowest BCUT2D eigenvalue weighted by Crippen LogP contribution is -2.30. The van der Waals surface area contributed by atoms with Crippen molar-refractivity contribution in [3.63, 3.8) is 0 Å². The van der Waals surface area contributed by atoms with Gasteiger partial charge in [-0.2, -0.15) is 0 Å². The third-order valence-electron chi connectivity index (χ3n) is 5.29. The molecular formula is C26H22ClNO3S2. The summed E-state index contributed by atoms with van der Waals surface area (Å²) in [5.41, 5.74) is 2.87. The molecule has 1 unspecified atom stereocenters. The summed E-state index contributed by atoms with van der Waals surface area (Å²) in [6, 6.07) is 22.8. The highest BCUT2D eigenvalue weighted by Gasteiger charge is 2.35. The quantitative estimate of drug-likeness (QED) is 0.263. The monoisotopic (exact) mass is 495 g/mol. The maximum Gasteiger partial charge on any atom is 0.266 e. The summed E-state index contributed by atoms with van der Waals surface area (Å²) in [6.07, 6.45) is 1.84. The number of carbonyl (C=O) groups excluding carboxylic acids is 1. The highest BCUT2D eigenvalue weighted by Crippen LogP contribution is 2.39. The fraction of sp³-hybridized carbons (Fsp3) is 0.154. The second-order valence-electron chi connectivity index (χ2n) is 7.46. The van der Waals surface area contributed by atoms with Crippen LogP contribution in [0.2, 0.25) is 5.02 Å². The summed E-state index contributed by atoms with van der Waals surface area (Å²) < 4.78 is 12.0. The van der Waals surface area contributed by atoms with Crippen molar-refractivity contribution in [3.8, 4) is 11.5 Å². The zero-order valence-corrected chi connectivity index (χ0v) is 20.5. The van der Waals surface area contributed by atoms with Crippen LogP contribution in [0.4, 0.5) is 0 Å². The van der Waals surface area contributed by atoms with Crippen molar-refractivity contribution in [3.05, 3.63) is 99.4 Å². The molecular weight excluding hydrogens is 474 g/mol. The fourth-order valence-electron chi connectivity index (χ4n) is 3.48. The molecule has 1 saturated heterocycles. The first-order valence-corrected chi connectivity index (χ1v) is 11.9. The molecule has 0 spiro atoms. The maximum atomic E-state index is 13.1. The van der Waals surface area contributed by atoms with Crippen molar-refractivity contribution in [2.45, 2.75) is 19.6 Å². The minimum Gasteiger partial charge on any atom is -0.493 e. The molecule has 0 N–H and O–H groups in total. The molecule has 0 aromatic heterocycles. The molecule has 1 aliphatic heterocycles. The van der Waals surface area contributed by atoms with E-state index in [1.165, 1.54) is 11.8 Å². The largest absolute Gasteiger partial charge is 0.493 e. The average Bonchev–Trinajstić information content (AvgIpc) is 3.11. The van der Waals surface area contributed by atoms with Gasteiger partial charge in [0.25, 0.3) is 5.91 Å². The number of hydrogen-bond donors (Lipinski definition) is 0. The summed E-state index contributed by atoms with van der Waals surface area (Å²) in [6.45, 7) is 2.38. The van der Waals surface area contributed by atoms with Gasteiger partial charge in [-0.25, -0.2) is 0 Å². The Morgan fingerprint density at radius 3 is 2.48 bits per heavy atom. The molecule has 1 atom stereocenters. The highest BCUT2D eigenvalue weighted by atomic mass is 35.5. The molecule has 3 aromatic rings. The maximum absolute atomic E-state index is 13.1. The van der Waals surface area contributed by atoms with E-state index in [2.05, 4.69) is 0 Å². The molecule has 4 rings (SSSR count). The second-order valence-corrected chi connectivity index (χ2v) is 9.58. The third-order valence-corrected chi connectivity index (χ3v) is 6.87. The Labute approximate surface area is 208 Å². The van der Waals surface area contributed by atoms with Gasteiger partial charge in [0.05, 0.1) is 18.1 Å². The number of benzene rings is 3. The van der Waals surface area contributed by atoms with Crippen LogP contribution < -0.4 is 9.47 Å². The summed E-state index contributed by atoms with van der Waals surface area (Å²) in [4.78, 5) is 15.4. The number of ether oxygens (including phenoxy) is 2. The predicted molar refractivity (Wildman–Crippen MR) is 139 cm³/mol. The second kappa shape index (κ2) is 10.4. The van der Waals surface area contributed by atoms with Gasteiger partial charge in [0.2, 0.25) is 0 Å². The number of amides is 1. The normalized spacial score (nSPS) is 15.7. The van der Waals surface area contributed by atoms with Gasteiger partial charge in [0.15, 0.2) is 11.5 Å². The number of nitrogens with zero attached hydrogens (tertiary/aromatic N) is 1. The molecule has 1 fully saturated rings. The Hall–Kier alpha value is -2.80.